The van der Waals surface area contributed by atoms with E-state index in [0.29, 0.717) is 29.5 Å². The molecule has 1 amide bonds. The van der Waals surface area contributed by atoms with Gasteiger partial charge in [0.1, 0.15) is 18.0 Å². The van der Waals surface area contributed by atoms with Crippen molar-refractivity contribution in [3.8, 4) is 22.8 Å². The van der Waals surface area contributed by atoms with Crippen LogP contribution >= 0.6 is 0 Å². The molecule has 1 aromatic heterocycles. The van der Waals surface area contributed by atoms with Gasteiger partial charge in [0.2, 0.25) is 5.91 Å². The summed E-state index contributed by atoms with van der Waals surface area (Å²) in [6.45, 7) is 3.01. The Morgan fingerprint density at radius 3 is 2.84 bits per heavy atom. The van der Waals surface area contributed by atoms with Gasteiger partial charge in [-0.3, -0.25) is 9.48 Å². The number of aromatic nitrogens is 2. The van der Waals surface area contributed by atoms with E-state index in [1.807, 2.05) is 6.07 Å². The van der Waals surface area contributed by atoms with E-state index in [0.717, 1.165) is 31.4 Å². The summed E-state index contributed by atoms with van der Waals surface area (Å²) in [6, 6.07) is 7.14. The van der Waals surface area contributed by atoms with E-state index in [2.05, 4.69) is 17.3 Å². The Hall–Kier alpha value is -2.50. The molecule has 6 nitrogen and oxygen atoms in total. The largest absolute Gasteiger partial charge is 0.507 e. The Balaban J connectivity index is 1.81. The van der Waals surface area contributed by atoms with E-state index in [9.17, 15) is 9.90 Å². The molecule has 1 heterocycles. The van der Waals surface area contributed by atoms with Crippen molar-refractivity contribution in [3.05, 3.63) is 30.0 Å². The number of benzene rings is 1. The fourth-order valence-electron chi connectivity index (χ4n) is 2.85. The van der Waals surface area contributed by atoms with E-state index in [1.54, 1.807) is 30.0 Å². The molecular weight excluding hydrogens is 318 g/mol. The third-order valence-corrected chi connectivity index (χ3v) is 4.43. The number of amides is 1. The van der Waals surface area contributed by atoms with Crippen LogP contribution < -0.4 is 10.1 Å². The lowest BCUT2D eigenvalue weighted by Gasteiger charge is -2.07. The molecule has 134 valence electrons. The molecule has 0 radical (unpaired) electrons. The quantitative estimate of drug-likeness (QED) is 0.722. The minimum Gasteiger partial charge on any atom is -0.507 e. The molecule has 6 heteroatoms. The summed E-state index contributed by atoms with van der Waals surface area (Å²) < 4.78 is 6.90. The van der Waals surface area contributed by atoms with Crippen LogP contribution in [0.25, 0.3) is 11.3 Å². The Kier molecular flexibility index (Phi) is 5.26. The molecule has 0 aliphatic heterocycles. The van der Waals surface area contributed by atoms with Gasteiger partial charge in [-0.25, -0.2) is 0 Å². The zero-order valence-electron chi connectivity index (χ0n) is 14.8. The van der Waals surface area contributed by atoms with Crippen molar-refractivity contribution in [3.63, 3.8) is 0 Å². The zero-order chi connectivity index (χ0) is 17.8. The number of nitrogens with one attached hydrogen (secondary N) is 1. The molecule has 1 aliphatic carbocycles. The van der Waals surface area contributed by atoms with Crippen molar-refractivity contribution < 1.29 is 14.6 Å². The van der Waals surface area contributed by atoms with Crippen LogP contribution in [0.5, 0.6) is 11.5 Å². The maximum atomic E-state index is 12.1. The van der Waals surface area contributed by atoms with E-state index >= 15 is 0 Å². The second-order valence-corrected chi connectivity index (χ2v) is 6.47. The average Bonchev–Trinajstić information content (AvgIpc) is 3.36. The van der Waals surface area contributed by atoms with Crippen LogP contribution in [-0.2, 0) is 11.3 Å². The molecular formula is C19H25N3O3. The van der Waals surface area contributed by atoms with E-state index in [-0.39, 0.29) is 18.2 Å². The van der Waals surface area contributed by atoms with Crippen LogP contribution in [0.1, 0.15) is 44.2 Å². The van der Waals surface area contributed by atoms with Crippen molar-refractivity contribution in [1.29, 1.82) is 0 Å². The number of rotatable bonds is 8. The number of carbonyl (C=O) groups is 1. The lowest BCUT2D eigenvalue weighted by Crippen LogP contribution is -2.29. The predicted octanol–water partition coefficient (Wildman–Crippen LogP) is 3.06. The SMILES string of the molecule is CCCCNC(=O)Cn1nc(-c2ccc(OC)cc2O)cc1C1CC1. The molecule has 1 saturated carbocycles. The molecule has 0 spiro atoms. The molecule has 2 N–H and O–H groups in total. The number of hydrogen-bond acceptors (Lipinski definition) is 4. The lowest BCUT2D eigenvalue weighted by molar-refractivity contribution is -0.121. The first kappa shape index (κ1) is 17.3. The molecule has 3 rings (SSSR count). The molecule has 2 aromatic rings. The summed E-state index contributed by atoms with van der Waals surface area (Å²) in [5, 5.41) is 17.8. The van der Waals surface area contributed by atoms with Crippen molar-refractivity contribution in [2.75, 3.05) is 13.7 Å². The molecule has 25 heavy (non-hydrogen) atoms. The van der Waals surface area contributed by atoms with Crippen LogP contribution in [0.2, 0.25) is 0 Å². The Morgan fingerprint density at radius 2 is 2.20 bits per heavy atom. The zero-order valence-corrected chi connectivity index (χ0v) is 14.8. The van der Waals surface area contributed by atoms with Crippen LogP contribution in [0.4, 0.5) is 0 Å². The van der Waals surface area contributed by atoms with Crippen molar-refractivity contribution in [2.45, 2.75) is 45.1 Å². The van der Waals surface area contributed by atoms with Crippen LogP contribution in [-0.4, -0.2) is 34.4 Å². The molecule has 1 aliphatic rings. The van der Waals surface area contributed by atoms with Crippen molar-refractivity contribution in [2.24, 2.45) is 0 Å². The van der Waals surface area contributed by atoms with Gasteiger partial charge in [-0.2, -0.15) is 5.10 Å². The van der Waals surface area contributed by atoms with Crippen molar-refractivity contribution >= 4 is 5.91 Å². The van der Waals surface area contributed by atoms with Crippen LogP contribution in [0, 0.1) is 0 Å². The number of unbranched alkanes of at least 4 members (excludes halogenated alkanes) is 1. The highest BCUT2D eigenvalue weighted by molar-refractivity contribution is 5.76. The molecule has 0 bridgehead atoms. The average molecular weight is 343 g/mol. The summed E-state index contributed by atoms with van der Waals surface area (Å²) in [5.41, 5.74) is 2.40. The van der Waals surface area contributed by atoms with Gasteiger partial charge in [-0.1, -0.05) is 13.3 Å². The van der Waals surface area contributed by atoms with E-state index in [1.165, 1.54) is 0 Å². The van der Waals surface area contributed by atoms with Crippen LogP contribution in [0.15, 0.2) is 24.3 Å². The number of aromatic hydroxyl groups is 1. The summed E-state index contributed by atoms with van der Waals surface area (Å²) in [6.07, 6.45) is 4.27. The van der Waals surface area contributed by atoms with Gasteiger partial charge in [0.15, 0.2) is 0 Å². The minimum atomic E-state index is -0.0241. The minimum absolute atomic E-state index is 0.0241. The van der Waals surface area contributed by atoms with Crippen LogP contribution in [0.3, 0.4) is 0 Å². The van der Waals surface area contributed by atoms with Gasteiger partial charge in [0.25, 0.3) is 0 Å². The monoisotopic (exact) mass is 343 g/mol. The van der Waals surface area contributed by atoms with E-state index < -0.39 is 0 Å². The van der Waals surface area contributed by atoms with Gasteiger partial charge < -0.3 is 15.2 Å². The molecule has 1 aromatic carbocycles. The first-order valence-electron chi connectivity index (χ1n) is 8.84. The summed E-state index contributed by atoms with van der Waals surface area (Å²) in [4.78, 5) is 12.1. The highest BCUT2D eigenvalue weighted by Gasteiger charge is 2.29. The Bertz CT molecular complexity index is 750. The third-order valence-electron chi connectivity index (χ3n) is 4.43. The number of phenolic OH excluding ortho intramolecular Hbond substituents is 1. The number of nitrogens with zero attached hydrogens (tertiary/aromatic N) is 2. The number of methoxy groups -OCH3 is 1. The fraction of sp³-hybridized carbons (Fsp3) is 0.474. The third kappa shape index (κ3) is 4.13. The Labute approximate surface area is 147 Å². The van der Waals surface area contributed by atoms with Gasteiger partial charge in [-0.05, 0) is 37.5 Å². The summed E-state index contributed by atoms with van der Waals surface area (Å²) in [5.74, 6) is 1.16. The second-order valence-electron chi connectivity index (χ2n) is 6.47. The fourth-order valence-corrected chi connectivity index (χ4v) is 2.85. The van der Waals surface area contributed by atoms with Gasteiger partial charge >= 0.3 is 0 Å². The molecule has 0 unspecified atom stereocenters. The molecule has 0 atom stereocenters. The standard InChI is InChI=1S/C19H25N3O3/c1-3-4-9-20-19(24)12-22-17(13-5-6-13)11-16(21-22)15-8-7-14(25-2)10-18(15)23/h7-8,10-11,13,23H,3-6,9,12H2,1-2H3,(H,20,24). The first-order valence-corrected chi connectivity index (χ1v) is 8.84. The number of carbonyl (C=O) groups excluding carboxylic acids is 1. The summed E-state index contributed by atoms with van der Waals surface area (Å²) >= 11 is 0. The highest BCUT2D eigenvalue weighted by Crippen LogP contribution is 2.42. The molecule has 0 saturated heterocycles. The smallest absolute Gasteiger partial charge is 0.241 e. The molecule has 1 fully saturated rings. The number of hydrogen-bond donors (Lipinski definition) is 2. The lowest BCUT2D eigenvalue weighted by atomic mass is 10.1. The number of phenols is 1. The highest BCUT2D eigenvalue weighted by atomic mass is 16.5. The maximum absolute atomic E-state index is 12.1. The Morgan fingerprint density at radius 1 is 1.40 bits per heavy atom. The second kappa shape index (κ2) is 7.59. The number of ether oxygens (including phenoxy) is 1. The predicted molar refractivity (Wildman–Crippen MR) is 95.8 cm³/mol. The van der Waals surface area contributed by atoms with E-state index in [4.69, 9.17) is 4.74 Å². The van der Waals surface area contributed by atoms with Gasteiger partial charge in [-0.15, -0.1) is 0 Å². The maximum Gasteiger partial charge on any atom is 0.241 e. The normalized spacial score (nSPS) is 13.7. The topological polar surface area (TPSA) is 76.4 Å². The summed E-state index contributed by atoms with van der Waals surface area (Å²) in [7, 11) is 1.56. The first-order chi connectivity index (χ1) is 12.1. The van der Waals surface area contributed by atoms with Gasteiger partial charge in [0, 0.05) is 29.8 Å². The van der Waals surface area contributed by atoms with Crippen molar-refractivity contribution in [1.82, 2.24) is 15.1 Å². The van der Waals surface area contributed by atoms with Gasteiger partial charge in [0.05, 0.1) is 12.8 Å².